The summed E-state index contributed by atoms with van der Waals surface area (Å²) in [5.74, 6) is 0. The minimum absolute atomic E-state index is 0.583. The summed E-state index contributed by atoms with van der Waals surface area (Å²) in [7, 11) is 0. The molecule has 0 amide bonds. The molecular formula is C15H24N2. The van der Waals surface area contributed by atoms with Gasteiger partial charge in [-0.15, -0.1) is 0 Å². The number of anilines is 1. The largest absolute Gasteiger partial charge is 0.366 e. The number of rotatable bonds is 2. The van der Waals surface area contributed by atoms with Crippen LogP contribution in [0.1, 0.15) is 31.4 Å². The maximum Gasteiger partial charge on any atom is 0.0399 e. The van der Waals surface area contributed by atoms with Gasteiger partial charge in [-0.05, 0) is 38.8 Å². The molecule has 0 aliphatic carbocycles. The summed E-state index contributed by atoms with van der Waals surface area (Å²) in [5, 5.41) is 3.61. The Labute approximate surface area is 105 Å². The second-order valence-corrected chi connectivity index (χ2v) is 5.30. The summed E-state index contributed by atoms with van der Waals surface area (Å²) in [4.78, 5) is 2.55. The van der Waals surface area contributed by atoms with E-state index >= 15 is 0 Å². The van der Waals surface area contributed by atoms with E-state index < -0.39 is 0 Å². The van der Waals surface area contributed by atoms with Crippen molar-refractivity contribution in [1.29, 1.82) is 0 Å². The number of nitrogens with one attached hydrogen (secondary N) is 1. The Morgan fingerprint density at radius 2 is 2.12 bits per heavy atom. The fourth-order valence-corrected chi connectivity index (χ4v) is 2.67. The molecule has 1 heterocycles. The van der Waals surface area contributed by atoms with Crippen LogP contribution < -0.4 is 10.2 Å². The molecule has 1 saturated heterocycles. The Morgan fingerprint density at radius 1 is 1.35 bits per heavy atom. The van der Waals surface area contributed by atoms with E-state index in [1.165, 1.54) is 23.2 Å². The number of hydrogen-bond acceptors (Lipinski definition) is 2. The molecule has 0 radical (unpaired) electrons. The van der Waals surface area contributed by atoms with Gasteiger partial charge in [0.05, 0.1) is 0 Å². The number of aryl methyl sites for hydroxylation is 2. The molecule has 1 fully saturated rings. The second kappa shape index (κ2) is 5.09. The van der Waals surface area contributed by atoms with Crippen LogP contribution in [0.4, 0.5) is 5.69 Å². The molecule has 1 aromatic rings. The van der Waals surface area contributed by atoms with Crippen LogP contribution in [-0.4, -0.2) is 25.2 Å². The van der Waals surface area contributed by atoms with Gasteiger partial charge < -0.3 is 10.2 Å². The van der Waals surface area contributed by atoms with Gasteiger partial charge >= 0.3 is 0 Å². The number of hydrogen-bond donors (Lipinski definition) is 1. The molecule has 2 heteroatoms. The molecule has 94 valence electrons. The van der Waals surface area contributed by atoms with Crippen LogP contribution in [0.3, 0.4) is 0 Å². The zero-order chi connectivity index (χ0) is 12.4. The molecule has 17 heavy (non-hydrogen) atoms. The lowest BCUT2D eigenvalue weighted by molar-refractivity contribution is 0.397. The highest BCUT2D eigenvalue weighted by atomic mass is 15.2. The van der Waals surface area contributed by atoms with E-state index in [4.69, 9.17) is 0 Å². The summed E-state index contributed by atoms with van der Waals surface area (Å²) < 4.78 is 0. The normalized spacial score (nSPS) is 25.1. The molecule has 1 aliphatic heterocycles. The first-order valence-electron chi connectivity index (χ1n) is 6.69. The SMILES string of the molecule is CCC1CN(c2ccc(C)cc2C)C(C)CN1. The zero-order valence-corrected chi connectivity index (χ0v) is 11.5. The van der Waals surface area contributed by atoms with Crippen LogP contribution in [0.2, 0.25) is 0 Å². The first kappa shape index (κ1) is 12.4. The molecule has 2 nitrogen and oxygen atoms in total. The molecule has 0 saturated carbocycles. The lowest BCUT2D eigenvalue weighted by atomic mass is 10.0. The van der Waals surface area contributed by atoms with Gasteiger partial charge in [-0.1, -0.05) is 24.6 Å². The van der Waals surface area contributed by atoms with Gasteiger partial charge in [-0.3, -0.25) is 0 Å². The minimum atomic E-state index is 0.583. The number of piperazine rings is 1. The van der Waals surface area contributed by atoms with Crippen LogP contribution in [0.15, 0.2) is 18.2 Å². The lowest BCUT2D eigenvalue weighted by Crippen LogP contribution is -2.55. The van der Waals surface area contributed by atoms with Gasteiger partial charge in [0.25, 0.3) is 0 Å². The summed E-state index contributed by atoms with van der Waals surface area (Å²) in [6.45, 7) is 11.2. The third-order valence-corrected chi connectivity index (χ3v) is 3.81. The van der Waals surface area contributed by atoms with Crippen molar-refractivity contribution in [1.82, 2.24) is 5.32 Å². The fraction of sp³-hybridized carbons (Fsp3) is 0.600. The van der Waals surface area contributed by atoms with E-state index in [1.807, 2.05) is 0 Å². The van der Waals surface area contributed by atoms with Gasteiger partial charge in [0, 0.05) is 30.9 Å². The van der Waals surface area contributed by atoms with E-state index in [1.54, 1.807) is 0 Å². The second-order valence-electron chi connectivity index (χ2n) is 5.30. The molecule has 2 rings (SSSR count). The quantitative estimate of drug-likeness (QED) is 0.843. The van der Waals surface area contributed by atoms with Crippen LogP contribution in [0.5, 0.6) is 0 Å². The Kier molecular flexibility index (Phi) is 3.72. The van der Waals surface area contributed by atoms with Crippen molar-refractivity contribution in [2.75, 3.05) is 18.0 Å². The van der Waals surface area contributed by atoms with Crippen molar-refractivity contribution in [2.24, 2.45) is 0 Å². The Bertz CT molecular complexity index is 387. The third kappa shape index (κ3) is 2.63. The van der Waals surface area contributed by atoms with Crippen LogP contribution >= 0.6 is 0 Å². The molecule has 2 atom stereocenters. The highest BCUT2D eigenvalue weighted by molar-refractivity contribution is 5.55. The maximum atomic E-state index is 3.61. The van der Waals surface area contributed by atoms with Crippen molar-refractivity contribution in [2.45, 2.75) is 46.2 Å². The predicted octanol–water partition coefficient (Wildman–Crippen LogP) is 2.88. The molecule has 0 bridgehead atoms. The minimum Gasteiger partial charge on any atom is -0.366 e. The van der Waals surface area contributed by atoms with Crippen molar-refractivity contribution in [3.05, 3.63) is 29.3 Å². The van der Waals surface area contributed by atoms with Crippen LogP contribution in [-0.2, 0) is 0 Å². The number of benzene rings is 1. The Morgan fingerprint density at radius 3 is 2.76 bits per heavy atom. The van der Waals surface area contributed by atoms with E-state index in [0.717, 1.165) is 13.1 Å². The highest BCUT2D eigenvalue weighted by Gasteiger charge is 2.24. The van der Waals surface area contributed by atoms with Crippen LogP contribution in [0.25, 0.3) is 0 Å². The average Bonchev–Trinajstić information content (AvgIpc) is 2.30. The first-order chi connectivity index (χ1) is 8.11. The average molecular weight is 232 g/mol. The molecular weight excluding hydrogens is 208 g/mol. The summed E-state index contributed by atoms with van der Waals surface area (Å²) in [6, 6.07) is 7.99. The van der Waals surface area contributed by atoms with Crippen LogP contribution in [0, 0.1) is 13.8 Å². The summed E-state index contributed by atoms with van der Waals surface area (Å²) >= 11 is 0. The van der Waals surface area contributed by atoms with Gasteiger partial charge in [0.2, 0.25) is 0 Å². The number of nitrogens with zero attached hydrogens (tertiary/aromatic N) is 1. The smallest absolute Gasteiger partial charge is 0.0399 e. The molecule has 0 spiro atoms. The van der Waals surface area contributed by atoms with Crippen molar-refractivity contribution < 1.29 is 0 Å². The molecule has 1 aliphatic rings. The van der Waals surface area contributed by atoms with Gasteiger partial charge in [-0.2, -0.15) is 0 Å². The molecule has 1 N–H and O–H groups in total. The molecule has 0 aromatic heterocycles. The standard InChI is InChI=1S/C15H24N2/c1-5-14-10-17(13(4)9-16-14)15-7-6-11(2)8-12(15)3/h6-8,13-14,16H,5,9-10H2,1-4H3. The van der Waals surface area contributed by atoms with Gasteiger partial charge in [0.1, 0.15) is 0 Å². The van der Waals surface area contributed by atoms with Crippen molar-refractivity contribution in [3.8, 4) is 0 Å². The first-order valence-corrected chi connectivity index (χ1v) is 6.69. The topological polar surface area (TPSA) is 15.3 Å². The van der Waals surface area contributed by atoms with Gasteiger partial charge in [-0.25, -0.2) is 0 Å². The molecule has 2 unspecified atom stereocenters. The van der Waals surface area contributed by atoms with E-state index in [-0.39, 0.29) is 0 Å². The molecule has 1 aromatic carbocycles. The van der Waals surface area contributed by atoms with E-state index in [2.05, 4.69) is 56.1 Å². The van der Waals surface area contributed by atoms with E-state index in [9.17, 15) is 0 Å². The maximum absolute atomic E-state index is 3.61. The summed E-state index contributed by atoms with van der Waals surface area (Å²) in [5.41, 5.74) is 4.15. The zero-order valence-electron chi connectivity index (χ0n) is 11.5. The Hall–Kier alpha value is -1.02. The van der Waals surface area contributed by atoms with E-state index in [0.29, 0.717) is 12.1 Å². The Balaban J connectivity index is 2.24. The van der Waals surface area contributed by atoms with Gasteiger partial charge in [0.15, 0.2) is 0 Å². The fourth-order valence-electron chi connectivity index (χ4n) is 2.67. The van der Waals surface area contributed by atoms with Crippen molar-refractivity contribution in [3.63, 3.8) is 0 Å². The predicted molar refractivity (Wildman–Crippen MR) is 74.8 cm³/mol. The monoisotopic (exact) mass is 232 g/mol. The summed E-state index contributed by atoms with van der Waals surface area (Å²) in [6.07, 6.45) is 1.20. The lowest BCUT2D eigenvalue weighted by Gasteiger charge is -2.41. The highest BCUT2D eigenvalue weighted by Crippen LogP contribution is 2.25. The van der Waals surface area contributed by atoms with Crippen molar-refractivity contribution >= 4 is 5.69 Å². The third-order valence-electron chi connectivity index (χ3n) is 3.81.